The Hall–Kier alpha value is -4.45. The van der Waals surface area contributed by atoms with Gasteiger partial charge in [0.05, 0.1) is 32.6 Å². The van der Waals surface area contributed by atoms with Crippen molar-refractivity contribution in [3.05, 3.63) is 75.6 Å². The fourth-order valence-electron chi connectivity index (χ4n) is 3.48. The van der Waals surface area contributed by atoms with Gasteiger partial charge in [0.2, 0.25) is 5.82 Å². The zero-order chi connectivity index (χ0) is 24.5. The first-order valence-electron chi connectivity index (χ1n) is 10.6. The van der Waals surface area contributed by atoms with Gasteiger partial charge in [0.1, 0.15) is 0 Å². The minimum Gasteiger partial charge on any atom is -0.452 e. The standard InChI is InChI=1S/C23H18N6O5S/c1-13(2)28-22-17(11-24-28)16(10-18(25-22)19-4-3-9-35-19)23(30)33-12-20-26-21(27-34-20)14-5-7-15(8-6-14)29(31)32/h3-11,13H,12H2,1-2H3. The molecule has 35 heavy (non-hydrogen) atoms. The van der Waals surface area contributed by atoms with E-state index in [9.17, 15) is 14.9 Å². The molecule has 0 radical (unpaired) electrons. The van der Waals surface area contributed by atoms with Gasteiger partial charge in [-0.2, -0.15) is 10.1 Å². The van der Waals surface area contributed by atoms with Crippen LogP contribution < -0.4 is 0 Å². The molecule has 0 N–H and O–H groups in total. The highest BCUT2D eigenvalue weighted by molar-refractivity contribution is 7.13. The normalized spacial score (nSPS) is 11.3. The van der Waals surface area contributed by atoms with Gasteiger partial charge in [0, 0.05) is 23.7 Å². The summed E-state index contributed by atoms with van der Waals surface area (Å²) in [6, 6.07) is 11.3. The zero-order valence-corrected chi connectivity index (χ0v) is 19.4. The Morgan fingerprint density at radius 3 is 2.71 bits per heavy atom. The van der Waals surface area contributed by atoms with Crippen LogP contribution in [0, 0.1) is 10.1 Å². The molecule has 4 heterocycles. The Kier molecular flexibility index (Phi) is 5.79. The summed E-state index contributed by atoms with van der Waals surface area (Å²) in [4.78, 5) is 33.3. The molecule has 4 aromatic heterocycles. The van der Waals surface area contributed by atoms with E-state index in [4.69, 9.17) is 14.2 Å². The molecule has 0 unspecified atom stereocenters. The fraction of sp³-hybridized carbons (Fsp3) is 0.174. The maximum absolute atomic E-state index is 13.1. The third kappa shape index (κ3) is 4.38. The van der Waals surface area contributed by atoms with Crippen LogP contribution in [0.3, 0.4) is 0 Å². The number of benzene rings is 1. The summed E-state index contributed by atoms with van der Waals surface area (Å²) in [5.41, 5.74) is 2.07. The summed E-state index contributed by atoms with van der Waals surface area (Å²) in [5, 5.41) is 21.6. The number of fused-ring (bicyclic) bond motifs is 1. The SMILES string of the molecule is CC(C)n1ncc2c(C(=O)OCc3nc(-c4ccc([N+](=O)[O-])cc4)no3)cc(-c3cccs3)nc21. The number of esters is 1. The van der Waals surface area contributed by atoms with Crippen molar-refractivity contribution in [1.82, 2.24) is 24.9 Å². The number of aromatic nitrogens is 5. The quantitative estimate of drug-likeness (QED) is 0.174. The minimum absolute atomic E-state index is 0.0437. The maximum Gasteiger partial charge on any atom is 0.339 e. The molecule has 0 bridgehead atoms. The van der Waals surface area contributed by atoms with Crippen molar-refractivity contribution < 1.29 is 19.0 Å². The number of thiophene rings is 1. The van der Waals surface area contributed by atoms with Crippen molar-refractivity contribution >= 4 is 34.0 Å². The number of hydrogen-bond donors (Lipinski definition) is 0. The summed E-state index contributed by atoms with van der Waals surface area (Å²) in [6.07, 6.45) is 1.61. The first-order valence-corrected chi connectivity index (χ1v) is 11.5. The first-order chi connectivity index (χ1) is 16.9. The van der Waals surface area contributed by atoms with E-state index in [0.29, 0.717) is 27.9 Å². The van der Waals surface area contributed by atoms with Gasteiger partial charge in [-0.15, -0.1) is 11.3 Å². The summed E-state index contributed by atoms with van der Waals surface area (Å²) in [6.45, 7) is 3.74. The lowest BCUT2D eigenvalue weighted by atomic mass is 10.1. The molecule has 5 rings (SSSR count). The minimum atomic E-state index is -0.575. The van der Waals surface area contributed by atoms with Gasteiger partial charge in [-0.05, 0) is 43.5 Å². The predicted octanol–water partition coefficient (Wildman–Crippen LogP) is 5.06. The molecule has 0 amide bonds. The van der Waals surface area contributed by atoms with Gasteiger partial charge >= 0.3 is 5.97 Å². The molecule has 0 saturated heterocycles. The molecule has 0 fully saturated rings. The van der Waals surface area contributed by atoms with E-state index in [1.807, 2.05) is 31.4 Å². The first kappa shape index (κ1) is 22.3. The Morgan fingerprint density at radius 2 is 2.03 bits per heavy atom. The highest BCUT2D eigenvalue weighted by atomic mass is 32.1. The number of non-ortho nitro benzene ring substituents is 1. The molecular formula is C23H18N6O5S. The number of nitro groups is 1. The maximum atomic E-state index is 13.1. The molecule has 0 aliphatic rings. The second kappa shape index (κ2) is 9.06. The number of nitro benzene ring substituents is 1. The molecular weight excluding hydrogens is 472 g/mol. The Bertz CT molecular complexity index is 1520. The highest BCUT2D eigenvalue weighted by Gasteiger charge is 2.21. The van der Waals surface area contributed by atoms with E-state index < -0.39 is 10.9 Å². The number of nitrogens with zero attached hydrogens (tertiary/aromatic N) is 6. The Morgan fingerprint density at radius 1 is 1.23 bits per heavy atom. The number of carbonyl (C=O) groups excluding carboxylic acids is 1. The second-order valence-corrected chi connectivity index (χ2v) is 8.79. The summed E-state index contributed by atoms with van der Waals surface area (Å²) in [5.74, 6) is -0.252. The van der Waals surface area contributed by atoms with Gasteiger partial charge in [-0.25, -0.2) is 14.5 Å². The monoisotopic (exact) mass is 490 g/mol. The molecule has 5 aromatic rings. The van der Waals surface area contributed by atoms with Gasteiger partial charge in [0.25, 0.3) is 11.6 Å². The van der Waals surface area contributed by atoms with E-state index >= 15 is 0 Å². The smallest absolute Gasteiger partial charge is 0.339 e. The molecule has 0 aliphatic heterocycles. The van der Waals surface area contributed by atoms with E-state index in [1.54, 1.807) is 16.9 Å². The zero-order valence-electron chi connectivity index (χ0n) is 18.6. The number of ether oxygens (including phenoxy) is 1. The number of rotatable bonds is 7. The lowest BCUT2D eigenvalue weighted by Gasteiger charge is -2.09. The van der Waals surface area contributed by atoms with Gasteiger partial charge in [0.15, 0.2) is 12.3 Å². The molecule has 176 valence electrons. The van der Waals surface area contributed by atoms with E-state index in [0.717, 1.165) is 4.88 Å². The molecule has 12 heteroatoms. The second-order valence-electron chi connectivity index (χ2n) is 7.84. The van der Waals surface area contributed by atoms with Crippen molar-refractivity contribution in [3.8, 4) is 22.0 Å². The van der Waals surface area contributed by atoms with Crippen molar-refractivity contribution in [2.75, 3.05) is 0 Å². The Labute approximate surface area is 202 Å². The van der Waals surface area contributed by atoms with Crippen LogP contribution in [0.4, 0.5) is 5.69 Å². The third-order valence-electron chi connectivity index (χ3n) is 5.18. The van der Waals surface area contributed by atoms with Crippen LogP contribution in [-0.2, 0) is 11.3 Å². The number of carbonyl (C=O) groups is 1. The van der Waals surface area contributed by atoms with Gasteiger partial charge in [-0.3, -0.25) is 10.1 Å². The largest absolute Gasteiger partial charge is 0.452 e. The average Bonchev–Trinajstić information content (AvgIpc) is 3.62. The van der Waals surface area contributed by atoms with Crippen LogP contribution in [0.15, 0.2) is 58.6 Å². The summed E-state index contributed by atoms with van der Waals surface area (Å²) in [7, 11) is 0. The summed E-state index contributed by atoms with van der Waals surface area (Å²) < 4.78 is 12.4. The average molecular weight is 491 g/mol. The van der Waals surface area contributed by atoms with Crippen LogP contribution in [0.25, 0.3) is 33.0 Å². The summed E-state index contributed by atoms with van der Waals surface area (Å²) >= 11 is 1.52. The van der Waals surface area contributed by atoms with E-state index in [2.05, 4.69) is 15.2 Å². The lowest BCUT2D eigenvalue weighted by molar-refractivity contribution is -0.384. The topological polar surface area (TPSA) is 139 Å². The van der Waals surface area contributed by atoms with Crippen LogP contribution in [0.5, 0.6) is 0 Å². The number of hydrogen-bond acceptors (Lipinski definition) is 10. The van der Waals surface area contributed by atoms with Crippen LogP contribution in [-0.4, -0.2) is 35.8 Å². The van der Waals surface area contributed by atoms with Crippen molar-refractivity contribution in [2.24, 2.45) is 0 Å². The van der Waals surface area contributed by atoms with Gasteiger partial charge in [-0.1, -0.05) is 11.2 Å². The molecule has 11 nitrogen and oxygen atoms in total. The van der Waals surface area contributed by atoms with E-state index in [1.165, 1.54) is 35.6 Å². The van der Waals surface area contributed by atoms with Crippen LogP contribution in [0.2, 0.25) is 0 Å². The van der Waals surface area contributed by atoms with Crippen molar-refractivity contribution in [1.29, 1.82) is 0 Å². The molecule has 1 aromatic carbocycles. The molecule has 0 aliphatic carbocycles. The fourth-order valence-corrected chi connectivity index (χ4v) is 4.17. The highest BCUT2D eigenvalue weighted by Crippen LogP contribution is 2.29. The third-order valence-corrected chi connectivity index (χ3v) is 6.07. The number of pyridine rings is 1. The van der Waals surface area contributed by atoms with Crippen molar-refractivity contribution in [3.63, 3.8) is 0 Å². The van der Waals surface area contributed by atoms with Crippen LogP contribution in [0.1, 0.15) is 36.1 Å². The Balaban J connectivity index is 1.39. The van der Waals surface area contributed by atoms with Gasteiger partial charge < -0.3 is 9.26 Å². The van der Waals surface area contributed by atoms with E-state index in [-0.39, 0.29) is 30.1 Å². The molecule has 0 saturated carbocycles. The van der Waals surface area contributed by atoms with Crippen LogP contribution >= 0.6 is 11.3 Å². The van der Waals surface area contributed by atoms with Crippen molar-refractivity contribution in [2.45, 2.75) is 26.5 Å². The molecule has 0 atom stereocenters. The molecule has 0 spiro atoms. The lowest BCUT2D eigenvalue weighted by Crippen LogP contribution is -2.08. The predicted molar refractivity (Wildman–Crippen MR) is 127 cm³/mol.